The first-order chi connectivity index (χ1) is 12.3. The smallest absolute Gasteiger partial charge is 0.261 e. The van der Waals surface area contributed by atoms with Crippen molar-refractivity contribution in [2.24, 2.45) is 0 Å². The predicted molar refractivity (Wildman–Crippen MR) is 92.0 cm³/mol. The number of nitrogens with zero attached hydrogens (tertiary/aromatic N) is 4. The zero-order valence-corrected chi connectivity index (χ0v) is 13.8. The molecule has 1 aromatic carbocycles. The summed E-state index contributed by atoms with van der Waals surface area (Å²) in [5, 5.41) is 15.7. The van der Waals surface area contributed by atoms with Crippen LogP contribution in [-0.2, 0) is 6.42 Å². The number of aryl methyl sites for hydroxylation is 1. The number of hydrogen-bond donors (Lipinski definition) is 1. The monoisotopic (exact) mass is 335 g/mol. The Bertz CT molecular complexity index is 868. The number of anilines is 1. The molecule has 0 atom stereocenters. The van der Waals surface area contributed by atoms with Crippen LogP contribution in [-0.4, -0.2) is 28.3 Å². The summed E-state index contributed by atoms with van der Waals surface area (Å²) in [4.78, 5) is 8.54. The summed E-state index contributed by atoms with van der Waals surface area (Å²) < 4.78 is 10.9. The first-order valence-electron chi connectivity index (χ1n) is 7.84. The predicted octanol–water partition coefficient (Wildman–Crippen LogP) is 3.00. The SMILES string of the molecule is Cc1noc(-c2cccnc2NCCOc2ccc(CC#N)cc2)n1. The molecule has 0 saturated heterocycles. The second kappa shape index (κ2) is 7.93. The highest BCUT2D eigenvalue weighted by atomic mass is 16.5. The Balaban J connectivity index is 1.55. The third-order valence-corrected chi connectivity index (χ3v) is 3.44. The van der Waals surface area contributed by atoms with E-state index in [1.807, 2.05) is 36.4 Å². The van der Waals surface area contributed by atoms with E-state index in [4.69, 9.17) is 14.5 Å². The number of rotatable bonds is 7. The van der Waals surface area contributed by atoms with Crippen LogP contribution in [0.1, 0.15) is 11.4 Å². The van der Waals surface area contributed by atoms with Gasteiger partial charge in [0.1, 0.15) is 18.2 Å². The van der Waals surface area contributed by atoms with E-state index in [0.717, 1.165) is 16.9 Å². The fraction of sp³-hybridized carbons (Fsp3) is 0.222. The topological polar surface area (TPSA) is 96.9 Å². The Morgan fingerprint density at radius 1 is 1.24 bits per heavy atom. The van der Waals surface area contributed by atoms with Crippen molar-refractivity contribution >= 4 is 5.82 Å². The molecule has 3 rings (SSSR count). The van der Waals surface area contributed by atoms with Gasteiger partial charge >= 0.3 is 0 Å². The zero-order chi connectivity index (χ0) is 17.5. The van der Waals surface area contributed by atoms with Crippen LogP contribution < -0.4 is 10.1 Å². The first-order valence-corrected chi connectivity index (χ1v) is 7.84. The zero-order valence-electron chi connectivity index (χ0n) is 13.8. The molecule has 0 spiro atoms. The quantitative estimate of drug-likeness (QED) is 0.663. The van der Waals surface area contributed by atoms with Crippen LogP contribution in [0, 0.1) is 18.3 Å². The van der Waals surface area contributed by atoms with Crippen molar-refractivity contribution in [3.8, 4) is 23.3 Å². The molecule has 0 aliphatic heterocycles. The summed E-state index contributed by atoms with van der Waals surface area (Å²) in [5.41, 5.74) is 1.73. The van der Waals surface area contributed by atoms with Crippen LogP contribution in [0.25, 0.3) is 11.5 Å². The number of aromatic nitrogens is 3. The number of nitrogens with one attached hydrogen (secondary N) is 1. The Morgan fingerprint density at radius 3 is 2.80 bits per heavy atom. The molecule has 0 amide bonds. The molecule has 0 aliphatic rings. The third-order valence-electron chi connectivity index (χ3n) is 3.44. The molecule has 0 radical (unpaired) electrons. The summed E-state index contributed by atoms with van der Waals surface area (Å²) >= 11 is 0. The normalized spacial score (nSPS) is 10.2. The summed E-state index contributed by atoms with van der Waals surface area (Å²) in [7, 11) is 0. The minimum atomic E-state index is 0.402. The number of hydrogen-bond acceptors (Lipinski definition) is 7. The summed E-state index contributed by atoms with van der Waals surface area (Å²) in [5.74, 6) is 2.44. The van der Waals surface area contributed by atoms with Gasteiger partial charge in [-0.05, 0) is 36.8 Å². The van der Waals surface area contributed by atoms with Crippen LogP contribution in [0.2, 0.25) is 0 Å². The van der Waals surface area contributed by atoms with Crippen molar-refractivity contribution in [3.63, 3.8) is 0 Å². The van der Waals surface area contributed by atoms with Gasteiger partial charge in [-0.15, -0.1) is 0 Å². The maximum atomic E-state index is 8.67. The lowest BCUT2D eigenvalue weighted by Crippen LogP contribution is -2.13. The van der Waals surface area contributed by atoms with Gasteiger partial charge in [-0.1, -0.05) is 17.3 Å². The van der Waals surface area contributed by atoms with E-state index in [1.165, 1.54) is 0 Å². The first kappa shape index (κ1) is 16.5. The molecule has 2 aromatic heterocycles. The van der Waals surface area contributed by atoms with Crippen molar-refractivity contribution in [2.75, 3.05) is 18.5 Å². The highest BCUT2D eigenvalue weighted by Gasteiger charge is 2.12. The molecule has 7 nitrogen and oxygen atoms in total. The van der Waals surface area contributed by atoms with Crippen molar-refractivity contribution < 1.29 is 9.26 Å². The van der Waals surface area contributed by atoms with Gasteiger partial charge in [0.15, 0.2) is 5.82 Å². The van der Waals surface area contributed by atoms with Gasteiger partial charge in [0.2, 0.25) is 0 Å². The van der Waals surface area contributed by atoms with Gasteiger partial charge in [0.25, 0.3) is 5.89 Å². The third kappa shape index (κ3) is 4.32. The van der Waals surface area contributed by atoms with Gasteiger partial charge in [-0.25, -0.2) is 4.98 Å². The minimum absolute atomic E-state index is 0.402. The van der Waals surface area contributed by atoms with Crippen LogP contribution in [0.15, 0.2) is 47.1 Å². The number of benzene rings is 1. The highest BCUT2D eigenvalue weighted by molar-refractivity contribution is 5.68. The molecule has 0 bridgehead atoms. The van der Waals surface area contributed by atoms with Crippen molar-refractivity contribution in [3.05, 3.63) is 54.0 Å². The van der Waals surface area contributed by atoms with Crippen molar-refractivity contribution in [2.45, 2.75) is 13.3 Å². The van der Waals surface area contributed by atoms with E-state index < -0.39 is 0 Å². The molecule has 0 unspecified atom stereocenters. The van der Waals surface area contributed by atoms with Crippen molar-refractivity contribution in [1.82, 2.24) is 15.1 Å². The Labute approximate surface area is 145 Å². The van der Waals surface area contributed by atoms with Crippen LogP contribution in [0.5, 0.6) is 5.75 Å². The summed E-state index contributed by atoms with van der Waals surface area (Å²) in [6.07, 6.45) is 2.10. The van der Waals surface area contributed by atoms with Gasteiger partial charge in [-0.2, -0.15) is 10.2 Å². The van der Waals surface area contributed by atoms with Crippen LogP contribution in [0.4, 0.5) is 5.82 Å². The van der Waals surface area contributed by atoms with Crippen LogP contribution >= 0.6 is 0 Å². The number of pyridine rings is 1. The molecular formula is C18H17N5O2. The largest absolute Gasteiger partial charge is 0.492 e. The average Bonchev–Trinajstić information content (AvgIpc) is 3.07. The fourth-order valence-corrected chi connectivity index (χ4v) is 2.26. The van der Waals surface area contributed by atoms with Gasteiger partial charge in [-0.3, -0.25) is 0 Å². The lowest BCUT2D eigenvalue weighted by Gasteiger charge is -2.10. The minimum Gasteiger partial charge on any atom is -0.492 e. The molecule has 0 aliphatic carbocycles. The molecule has 0 fully saturated rings. The molecule has 2 heterocycles. The molecule has 25 heavy (non-hydrogen) atoms. The molecule has 7 heteroatoms. The maximum absolute atomic E-state index is 8.67. The molecular weight excluding hydrogens is 318 g/mol. The Kier molecular flexibility index (Phi) is 5.22. The highest BCUT2D eigenvalue weighted by Crippen LogP contribution is 2.23. The van der Waals surface area contributed by atoms with E-state index in [2.05, 4.69) is 26.5 Å². The maximum Gasteiger partial charge on any atom is 0.261 e. The molecule has 1 N–H and O–H groups in total. The standard InChI is InChI=1S/C18H17N5O2/c1-13-22-18(25-23-13)16-3-2-10-20-17(16)21-11-12-24-15-6-4-14(5-7-15)8-9-19/h2-7,10H,8,11-12H2,1H3,(H,20,21). The molecule has 0 saturated carbocycles. The van der Waals surface area contributed by atoms with E-state index in [-0.39, 0.29) is 0 Å². The Hall–Kier alpha value is -3.40. The Morgan fingerprint density at radius 2 is 2.08 bits per heavy atom. The van der Waals surface area contributed by atoms with E-state index in [9.17, 15) is 0 Å². The molecule has 126 valence electrons. The molecule has 3 aromatic rings. The fourth-order valence-electron chi connectivity index (χ4n) is 2.26. The van der Waals surface area contributed by atoms with Crippen molar-refractivity contribution in [1.29, 1.82) is 5.26 Å². The number of ether oxygens (including phenoxy) is 1. The van der Waals surface area contributed by atoms with E-state index in [1.54, 1.807) is 13.1 Å². The number of nitriles is 1. The lowest BCUT2D eigenvalue weighted by molar-refractivity contribution is 0.332. The second-order valence-electron chi connectivity index (χ2n) is 5.30. The van der Waals surface area contributed by atoms with Gasteiger partial charge < -0.3 is 14.6 Å². The summed E-state index contributed by atoms with van der Waals surface area (Å²) in [6.45, 7) is 2.81. The van der Waals surface area contributed by atoms with Gasteiger partial charge in [0, 0.05) is 6.20 Å². The van der Waals surface area contributed by atoms with E-state index in [0.29, 0.717) is 37.1 Å². The van der Waals surface area contributed by atoms with Gasteiger partial charge in [0.05, 0.1) is 24.6 Å². The van der Waals surface area contributed by atoms with Crippen LogP contribution in [0.3, 0.4) is 0 Å². The second-order valence-corrected chi connectivity index (χ2v) is 5.30. The lowest BCUT2D eigenvalue weighted by atomic mass is 10.2. The summed E-state index contributed by atoms with van der Waals surface area (Å²) in [6, 6.07) is 13.3. The van der Waals surface area contributed by atoms with E-state index >= 15 is 0 Å². The average molecular weight is 335 g/mol.